The maximum Gasteiger partial charge on any atom is 0.256 e. The minimum Gasteiger partial charge on any atom is -0.378 e. The van der Waals surface area contributed by atoms with Gasteiger partial charge in [-0.25, -0.2) is 0 Å². The number of pyridine rings is 2. The fourth-order valence-electron chi connectivity index (χ4n) is 4.52. The number of aromatic nitrogens is 2. The molecule has 3 heterocycles. The van der Waals surface area contributed by atoms with Crippen LogP contribution in [0, 0.1) is 5.92 Å². The summed E-state index contributed by atoms with van der Waals surface area (Å²) < 4.78 is 5.40. The highest BCUT2D eigenvalue weighted by molar-refractivity contribution is 5.94. The zero-order valence-corrected chi connectivity index (χ0v) is 19.3. The first kappa shape index (κ1) is 22.6. The van der Waals surface area contributed by atoms with Gasteiger partial charge in [-0.1, -0.05) is 12.5 Å². The SMILES string of the molecule is O=C(NCc1cc2cc(CNCC3CCC3)ccc2c(=O)[nH]1)c1cncc(N2CCOCC2)c1. The van der Waals surface area contributed by atoms with E-state index in [1.165, 1.54) is 19.3 Å². The Morgan fingerprint density at radius 1 is 1.12 bits per heavy atom. The van der Waals surface area contributed by atoms with Crippen molar-refractivity contribution in [3.63, 3.8) is 0 Å². The number of carbonyl (C=O) groups excluding carboxylic acids is 1. The van der Waals surface area contributed by atoms with Crippen LogP contribution in [0.5, 0.6) is 0 Å². The van der Waals surface area contributed by atoms with E-state index in [0.29, 0.717) is 29.9 Å². The molecule has 2 aromatic heterocycles. The summed E-state index contributed by atoms with van der Waals surface area (Å²) in [6, 6.07) is 9.72. The van der Waals surface area contributed by atoms with Crippen molar-refractivity contribution >= 4 is 22.4 Å². The molecule has 5 rings (SSSR count). The van der Waals surface area contributed by atoms with Crippen LogP contribution in [0.15, 0.2) is 47.5 Å². The van der Waals surface area contributed by atoms with Gasteiger partial charge in [-0.3, -0.25) is 14.6 Å². The van der Waals surface area contributed by atoms with Gasteiger partial charge in [0.1, 0.15) is 0 Å². The minimum atomic E-state index is -0.225. The Balaban J connectivity index is 1.24. The minimum absolute atomic E-state index is 0.147. The standard InChI is InChI=1S/C26H31N5O3/c32-25(21-12-23(17-28-15-21)31-6-8-34-9-7-31)29-16-22-11-20-10-19(4-5-24(20)26(33)30-22)14-27-13-18-2-1-3-18/h4-5,10-12,15,17-18,27H,1-3,6-9,13-14,16H2,(H,29,32)(H,30,33). The number of ether oxygens (including phenoxy) is 1. The number of fused-ring (bicyclic) bond motifs is 1. The highest BCUT2D eigenvalue weighted by Gasteiger charge is 2.17. The summed E-state index contributed by atoms with van der Waals surface area (Å²) in [7, 11) is 0. The first-order valence-electron chi connectivity index (χ1n) is 12.1. The van der Waals surface area contributed by atoms with Crippen LogP contribution in [0.4, 0.5) is 5.69 Å². The largest absolute Gasteiger partial charge is 0.378 e. The lowest BCUT2D eigenvalue weighted by Crippen LogP contribution is -2.36. The van der Waals surface area contributed by atoms with E-state index in [1.807, 2.05) is 24.3 Å². The van der Waals surface area contributed by atoms with Crippen LogP contribution in [0.25, 0.3) is 10.8 Å². The Labute approximate surface area is 198 Å². The van der Waals surface area contributed by atoms with E-state index in [4.69, 9.17) is 4.74 Å². The van der Waals surface area contributed by atoms with Gasteiger partial charge in [-0.15, -0.1) is 0 Å². The highest BCUT2D eigenvalue weighted by atomic mass is 16.5. The second-order valence-electron chi connectivity index (χ2n) is 9.19. The number of amides is 1. The first-order chi connectivity index (χ1) is 16.7. The Bertz CT molecular complexity index is 1210. The molecule has 8 nitrogen and oxygen atoms in total. The summed E-state index contributed by atoms with van der Waals surface area (Å²) in [6.07, 6.45) is 7.32. The van der Waals surface area contributed by atoms with Crippen molar-refractivity contribution in [1.29, 1.82) is 0 Å². The third-order valence-corrected chi connectivity index (χ3v) is 6.75. The van der Waals surface area contributed by atoms with Gasteiger partial charge in [0, 0.05) is 36.9 Å². The van der Waals surface area contributed by atoms with Crippen molar-refractivity contribution in [2.24, 2.45) is 5.92 Å². The molecule has 1 saturated heterocycles. The summed E-state index contributed by atoms with van der Waals surface area (Å²) in [5, 5.41) is 7.97. The molecule has 34 heavy (non-hydrogen) atoms. The fraction of sp³-hybridized carbons (Fsp3) is 0.423. The summed E-state index contributed by atoms with van der Waals surface area (Å²) in [4.78, 5) is 34.6. The number of benzene rings is 1. The number of hydrogen-bond acceptors (Lipinski definition) is 6. The molecule has 0 unspecified atom stereocenters. The lowest BCUT2D eigenvalue weighted by Gasteiger charge is -2.28. The predicted molar refractivity (Wildman–Crippen MR) is 132 cm³/mol. The smallest absolute Gasteiger partial charge is 0.256 e. The average Bonchev–Trinajstić information content (AvgIpc) is 2.84. The monoisotopic (exact) mass is 461 g/mol. The second kappa shape index (κ2) is 10.4. The van der Waals surface area contributed by atoms with Crippen molar-refractivity contribution in [2.45, 2.75) is 32.4 Å². The molecule has 1 amide bonds. The first-order valence-corrected chi connectivity index (χ1v) is 12.1. The van der Waals surface area contributed by atoms with E-state index in [0.717, 1.165) is 48.7 Å². The summed E-state index contributed by atoms with van der Waals surface area (Å²) in [5.41, 5.74) is 3.08. The van der Waals surface area contributed by atoms with E-state index >= 15 is 0 Å². The van der Waals surface area contributed by atoms with Crippen molar-refractivity contribution in [3.05, 3.63) is 69.9 Å². The number of nitrogens with zero attached hydrogens (tertiary/aromatic N) is 2. The van der Waals surface area contributed by atoms with Crippen LogP contribution < -0.4 is 21.1 Å². The van der Waals surface area contributed by atoms with Gasteiger partial charge in [0.2, 0.25) is 0 Å². The maximum atomic E-state index is 12.8. The highest BCUT2D eigenvalue weighted by Crippen LogP contribution is 2.25. The van der Waals surface area contributed by atoms with E-state index in [1.54, 1.807) is 12.4 Å². The molecular weight excluding hydrogens is 430 g/mol. The van der Waals surface area contributed by atoms with Gasteiger partial charge >= 0.3 is 0 Å². The van der Waals surface area contributed by atoms with Crippen LogP contribution in [0.2, 0.25) is 0 Å². The van der Waals surface area contributed by atoms with Crippen LogP contribution in [-0.4, -0.2) is 48.7 Å². The quantitative estimate of drug-likeness (QED) is 0.477. The Morgan fingerprint density at radius 2 is 1.97 bits per heavy atom. The molecule has 0 atom stereocenters. The number of anilines is 1. The molecule has 0 spiro atoms. The molecule has 0 radical (unpaired) electrons. The Morgan fingerprint density at radius 3 is 2.76 bits per heavy atom. The maximum absolute atomic E-state index is 12.8. The number of hydrogen-bond donors (Lipinski definition) is 3. The van der Waals surface area contributed by atoms with Crippen LogP contribution in [0.3, 0.4) is 0 Å². The Hall–Kier alpha value is -3.23. The summed E-state index contributed by atoms with van der Waals surface area (Å²) in [6.45, 7) is 4.97. The number of aromatic amines is 1. The summed E-state index contributed by atoms with van der Waals surface area (Å²) >= 11 is 0. The third-order valence-electron chi connectivity index (χ3n) is 6.75. The molecule has 1 aromatic carbocycles. The van der Waals surface area contributed by atoms with Crippen molar-refractivity contribution < 1.29 is 9.53 Å². The molecule has 1 aliphatic carbocycles. The van der Waals surface area contributed by atoms with Crippen LogP contribution in [-0.2, 0) is 17.8 Å². The number of rotatable bonds is 8. The van der Waals surface area contributed by atoms with Gasteiger partial charge in [-0.2, -0.15) is 0 Å². The zero-order chi connectivity index (χ0) is 23.3. The van der Waals surface area contributed by atoms with Crippen LogP contribution >= 0.6 is 0 Å². The number of carbonyl (C=O) groups is 1. The van der Waals surface area contributed by atoms with Crippen LogP contribution in [0.1, 0.15) is 40.9 Å². The number of morpholine rings is 1. The molecule has 0 bridgehead atoms. The van der Waals surface area contributed by atoms with Gasteiger partial charge in [0.05, 0.1) is 37.2 Å². The van der Waals surface area contributed by atoms with Crippen molar-refractivity contribution in [1.82, 2.24) is 20.6 Å². The number of H-pyrrole nitrogens is 1. The molecular formula is C26H31N5O3. The lowest BCUT2D eigenvalue weighted by molar-refractivity contribution is 0.0950. The molecule has 8 heteroatoms. The normalized spacial score (nSPS) is 16.4. The molecule has 1 saturated carbocycles. The van der Waals surface area contributed by atoms with Crippen molar-refractivity contribution in [2.75, 3.05) is 37.7 Å². The van der Waals surface area contributed by atoms with Gasteiger partial charge in [0.25, 0.3) is 11.5 Å². The molecule has 1 aliphatic heterocycles. The van der Waals surface area contributed by atoms with E-state index in [-0.39, 0.29) is 18.0 Å². The molecule has 3 N–H and O–H groups in total. The molecule has 2 fully saturated rings. The predicted octanol–water partition coefficient (Wildman–Crippen LogP) is 2.58. The van der Waals surface area contributed by atoms with Gasteiger partial charge in [-0.05, 0) is 60.5 Å². The number of nitrogens with one attached hydrogen (secondary N) is 3. The Kier molecular flexibility index (Phi) is 6.87. The van der Waals surface area contributed by atoms with Crippen molar-refractivity contribution in [3.8, 4) is 0 Å². The van der Waals surface area contributed by atoms with E-state index in [2.05, 4.69) is 31.6 Å². The lowest BCUT2D eigenvalue weighted by atomic mass is 9.85. The molecule has 178 valence electrons. The third kappa shape index (κ3) is 5.29. The summed E-state index contributed by atoms with van der Waals surface area (Å²) in [5.74, 6) is 0.584. The average molecular weight is 462 g/mol. The zero-order valence-electron chi connectivity index (χ0n) is 19.3. The second-order valence-corrected chi connectivity index (χ2v) is 9.19. The fourth-order valence-corrected chi connectivity index (χ4v) is 4.52. The van der Waals surface area contributed by atoms with Gasteiger partial charge in [0.15, 0.2) is 0 Å². The topological polar surface area (TPSA) is 99.4 Å². The molecule has 2 aliphatic rings. The van der Waals surface area contributed by atoms with Gasteiger partial charge < -0.3 is 25.3 Å². The van der Waals surface area contributed by atoms with E-state index < -0.39 is 0 Å². The molecule has 3 aromatic rings. The van der Waals surface area contributed by atoms with E-state index in [9.17, 15) is 9.59 Å².